The fourth-order valence-corrected chi connectivity index (χ4v) is 1.73. The van der Waals surface area contributed by atoms with Gasteiger partial charge in [0.15, 0.2) is 0 Å². The van der Waals surface area contributed by atoms with Crippen LogP contribution in [-0.2, 0) is 4.79 Å². The molecule has 2 rings (SSSR count). The number of amides is 1. The molecule has 0 saturated heterocycles. The van der Waals surface area contributed by atoms with Crippen molar-refractivity contribution in [3.05, 3.63) is 47.8 Å². The van der Waals surface area contributed by atoms with Crippen LogP contribution in [0.5, 0.6) is 0 Å². The fraction of sp³-hybridized carbons (Fsp3) is 0.267. The maximum absolute atomic E-state index is 12.0. The van der Waals surface area contributed by atoms with Crippen molar-refractivity contribution in [2.45, 2.75) is 26.3 Å². The molecule has 0 aliphatic rings. The van der Waals surface area contributed by atoms with E-state index in [0.717, 1.165) is 11.3 Å². The second-order valence-corrected chi connectivity index (χ2v) is 5.39. The molecule has 1 heterocycles. The molecular formula is C15H17N3O3. The number of benzene rings is 1. The number of nitrogens with zero attached hydrogens (tertiary/aromatic N) is 2. The summed E-state index contributed by atoms with van der Waals surface area (Å²) in [5, 5.41) is 15.7. The van der Waals surface area contributed by atoms with Crippen molar-refractivity contribution in [1.29, 1.82) is 0 Å². The fourth-order valence-electron chi connectivity index (χ4n) is 1.73. The molecule has 6 heteroatoms. The number of carboxylic acids is 1. The molecule has 1 aromatic heterocycles. The zero-order valence-corrected chi connectivity index (χ0v) is 12.1. The second-order valence-electron chi connectivity index (χ2n) is 5.39. The van der Waals surface area contributed by atoms with Crippen molar-refractivity contribution < 1.29 is 14.7 Å². The highest BCUT2D eigenvalue weighted by atomic mass is 16.4. The number of carbonyl (C=O) groups is 2. The van der Waals surface area contributed by atoms with E-state index >= 15 is 0 Å². The second kappa shape index (κ2) is 5.40. The summed E-state index contributed by atoms with van der Waals surface area (Å²) in [6.07, 6.45) is 3.62. The largest absolute Gasteiger partial charge is 0.480 e. The van der Waals surface area contributed by atoms with Crippen LogP contribution in [-0.4, -0.2) is 32.3 Å². The number of hydrogen-bond donors (Lipinski definition) is 2. The molecule has 0 fully saturated rings. The van der Waals surface area contributed by atoms with Gasteiger partial charge in [0.1, 0.15) is 5.54 Å². The van der Waals surface area contributed by atoms with Crippen LogP contribution < -0.4 is 5.32 Å². The zero-order chi connectivity index (χ0) is 15.6. The Bertz CT molecular complexity index is 672. The molecule has 0 aliphatic heterocycles. The van der Waals surface area contributed by atoms with Gasteiger partial charge in [-0.25, -0.2) is 9.48 Å². The molecule has 0 aliphatic carbocycles. The Hall–Kier alpha value is -2.63. The molecule has 1 amide bonds. The third kappa shape index (κ3) is 3.28. The Morgan fingerprint density at radius 2 is 1.86 bits per heavy atom. The van der Waals surface area contributed by atoms with Crippen LogP contribution in [0.2, 0.25) is 0 Å². The molecule has 0 saturated carbocycles. The summed E-state index contributed by atoms with van der Waals surface area (Å²) < 4.78 is 1.71. The van der Waals surface area contributed by atoms with Crippen LogP contribution in [0.15, 0.2) is 36.7 Å². The maximum atomic E-state index is 12.0. The predicted molar refractivity (Wildman–Crippen MR) is 77.5 cm³/mol. The molecule has 2 aromatic rings. The first kappa shape index (κ1) is 14.8. The highest BCUT2D eigenvalue weighted by Gasteiger charge is 2.29. The molecule has 6 nitrogen and oxygen atoms in total. The maximum Gasteiger partial charge on any atom is 0.328 e. The monoisotopic (exact) mass is 287 g/mol. The summed E-state index contributed by atoms with van der Waals surface area (Å²) in [7, 11) is 0. The van der Waals surface area contributed by atoms with Crippen molar-refractivity contribution in [2.24, 2.45) is 0 Å². The summed E-state index contributed by atoms with van der Waals surface area (Å²) in [4.78, 5) is 23.0. The van der Waals surface area contributed by atoms with Gasteiger partial charge in [-0.1, -0.05) is 0 Å². The molecule has 2 N–H and O–H groups in total. The molecule has 0 radical (unpaired) electrons. The minimum atomic E-state index is -1.31. The number of nitrogens with one attached hydrogen (secondary N) is 1. The SMILES string of the molecule is Cc1cnn(-c2ccc(C(=O)NC(C)(C)C(=O)O)cc2)c1. The van der Waals surface area contributed by atoms with Gasteiger partial charge in [0.2, 0.25) is 0 Å². The van der Waals surface area contributed by atoms with Crippen LogP contribution in [0.3, 0.4) is 0 Å². The molecule has 0 unspecified atom stereocenters. The van der Waals surface area contributed by atoms with Crippen LogP contribution in [0.1, 0.15) is 29.8 Å². The van der Waals surface area contributed by atoms with Gasteiger partial charge in [-0.05, 0) is 50.6 Å². The molecule has 110 valence electrons. The molecular weight excluding hydrogens is 270 g/mol. The molecule has 0 atom stereocenters. The van der Waals surface area contributed by atoms with E-state index in [4.69, 9.17) is 5.11 Å². The van der Waals surface area contributed by atoms with Gasteiger partial charge in [-0.3, -0.25) is 4.79 Å². The van der Waals surface area contributed by atoms with Crippen molar-refractivity contribution in [2.75, 3.05) is 0 Å². The van der Waals surface area contributed by atoms with E-state index in [-0.39, 0.29) is 0 Å². The van der Waals surface area contributed by atoms with Crippen LogP contribution in [0.25, 0.3) is 5.69 Å². The third-order valence-corrected chi connectivity index (χ3v) is 3.07. The zero-order valence-electron chi connectivity index (χ0n) is 12.1. The van der Waals surface area contributed by atoms with Crippen LogP contribution in [0.4, 0.5) is 0 Å². The number of rotatable bonds is 4. The summed E-state index contributed by atoms with van der Waals surface area (Å²) in [5.41, 5.74) is 0.962. The minimum absolute atomic E-state index is 0.400. The summed E-state index contributed by atoms with van der Waals surface area (Å²) in [6, 6.07) is 6.80. The van der Waals surface area contributed by atoms with Gasteiger partial charge in [-0.2, -0.15) is 5.10 Å². The number of carbonyl (C=O) groups excluding carboxylic acids is 1. The number of hydrogen-bond acceptors (Lipinski definition) is 3. The van der Waals surface area contributed by atoms with E-state index < -0.39 is 17.4 Å². The Labute approximate surface area is 122 Å². The van der Waals surface area contributed by atoms with Crippen molar-refractivity contribution in [3.8, 4) is 5.69 Å². The van der Waals surface area contributed by atoms with E-state index in [1.807, 2.05) is 13.1 Å². The Kier molecular flexibility index (Phi) is 3.80. The van der Waals surface area contributed by atoms with E-state index in [2.05, 4.69) is 10.4 Å². The first-order chi connectivity index (χ1) is 9.79. The lowest BCUT2D eigenvalue weighted by Gasteiger charge is -2.21. The third-order valence-electron chi connectivity index (χ3n) is 3.07. The lowest BCUT2D eigenvalue weighted by atomic mass is 10.1. The van der Waals surface area contributed by atoms with E-state index in [1.54, 1.807) is 35.1 Å². The Balaban J connectivity index is 2.15. The first-order valence-corrected chi connectivity index (χ1v) is 6.47. The van der Waals surface area contributed by atoms with Crippen LogP contribution >= 0.6 is 0 Å². The van der Waals surface area contributed by atoms with Crippen molar-refractivity contribution in [3.63, 3.8) is 0 Å². The van der Waals surface area contributed by atoms with E-state index in [1.165, 1.54) is 13.8 Å². The number of aryl methyl sites for hydroxylation is 1. The summed E-state index contributed by atoms with van der Waals surface area (Å²) >= 11 is 0. The molecule has 21 heavy (non-hydrogen) atoms. The quantitative estimate of drug-likeness (QED) is 0.897. The van der Waals surface area contributed by atoms with Gasteiger partial charge in [-0.15, -0.1) is 0 Å². The average molecular weight is 287 g/mol. The average Bonchev–Trinajstić information content (AvgIpc) is 2.85. The standard InChI is InChI=1S/C15H17N3O3/c1-10-8-16-18(9-10)12-6-4-11(5-7-12)13(19)17-15(2,3)14(20)21/h4-9H,1-3H3,(H,17,19)(H,20,21). The highest BCUT2D eigenvalue weighted by Crippen LogP contribution is 2.11. The van der Waals surface area contributed by atoms with Gasteiger partial charge < -0.3 is 10.4 Å². The minimum Gasteiger partial charge on any atom is -0.480 e. The lowest BCUT2D eigenvalue weighted by Crippen LogP contribution is -2.49. The van der Waals surface area contributed by atoms with Gasteiger partial charge >= 0.3 is 5.97 Å². The van der Waals surface area contributed by atoms with E-state index in [9.17, 15) is 9.59 Å². The summed E-state index contributed by atoms with van der Waals surface area (Å²) in [5.74, 6) is -1.51. The number of aromatic nitrogens is 2. The molecule has 1 aromatic carbocycles. The Morgan fingerprint density at radius 1 is 1.24 bits per heavy atom. The highest BCUT2D eigenvalue weighted by molar-refractivity contribution is 5.97. The number of carboxylic acid groups (broad SMARTS) is 1. The Morgan fingerprint density at radius 3 is 2.33 bits per heavy atom. The van der Waals surface area contributed by atoms with Gasteiger partial charge in [0.05, 0.1) is 11.9 Å². The lowest BCUT2D eigenvalue weighted by molar-refractivity contribution is -0.143. The normalized spacial score (nSPS) is 11.2. The topological polar surface area (TPSA) is 84.2 Å². The van der Waals surface area contributed by atoms with Crippen molar-refractivity contribution >= 4 is 11.9 Å². The summed E-state index contributed by atoms with van der Waals surface area (Å²) in [6.45, 7) is 4.82. The smallest absolute Gasteiger partial charge is 0.328 e. The number of aliphatic carboxylic acids is 1. The van der Waals surface area contributed by atoms with E-state index in [0.29, 0.717) is 5.56 Å². The molecule has 0 spiro atoms. The first-order valence-electron chi connectivity index (χ1n) is 6.47. The van der Waals surface area contributed by atoms with Gasteiger partial charge in [0, 0.05) is 11.8 Å². The predicted octanol–water partition coefficient (Wildman–Crippen LogP) is 1.77. The molecule has 0 bridgehead atoms. The van der Waals surface area contributed by atoms with Crippen LogP contribution in [0, 0.1) is 6.92 Å². The van der Waals surface area contributed by atoms with Crippen molar-refractivity contribution in [1.82, 2.24) is 15.1 Å². The van der Waals surface area contributed by atoms with Gasteiger partial charge in [0.25, 0.3) is 5.91 Å².